The summed E-state index contributed by atoms with van der Waals surface area (Å²) in [6.45, 7) is 0.409. The molecule has 90 valence electrons. The van der Waals surface area contributed by atoms with Crippen molar-refractivity contribution < 1.29 is 23.7 Å². The van der Waals surface area contributed by atoms with Gasteiger partial charge < -0.3 is 24.8 Å². The Hall–Kier alpha value is -1.21. The number of nitrogen functional groups attached to an aromatic ring is 2. The first-order valence-corrected chi connectivity index (χ1v) is 6.17. The van der Waals surface area contributed by atoms with E-state index in [2.05, 4.69) is 4.98 Å². The van der Waals surface area contributed by atoms with Gasteiger partial charge in [0, 0.05) is 6.07 Å². The molecule has 0 saturated carbocycles. The lowest BCUT2D eigenvalue weighted by Crippen LogP contribution is -2.40. The minimum Gasteiger partial charge on any atom is -0.777 e. The van der Waals surface area contributed by atoms with E-state index in [0.29, 0.717) is 12.4 Å². The Balaban J connectivity index is 2.41. The Morgan fingerprint density at radius 3 is 2.88 bits per heavy atom. The summed E-state index contributed by atoms with van der Waals surface area (Å²) < 4.78 is 16.6. The summed E-state index contributed by atoms with van der Waals surface area (Å²) in [4.78, 5) is 22.6. The van der Waals surface area contributed by atoms with E-state index in [0.717, 1.165) is 0 Å². The van der Waals surface area contributed by atoms with E-state index < -0.39 is 13.9 Å². The lowest BCUT2D eigenvalue weighted by molar-refractivity contribution is -0.686. The molecule has 0 fully saturated rings. The molecule has 0 aliphatic heterocycles. The molecule has 8 nitrogen and oxygen atoms in total. The molecular weight excluding hydrogens is 235 g/mol. The first kappa shape index (κ1) is 12.9. The molecule has 1 heterocycles. The van der Waals surface area contributed by atoms with Crippen molar-refractivity contribution in [3.63, 3.8) is 0 Å². The summed E-state index contributed by atoms with van der Waals surface area (Å²) in [6, 6.07) is 1.56. The van der Waals surface area contributed by atoms with Crippen LogP contribution in [0.15, 0.2) is 12.3 Å². The van der Waals surface area contributed by atoms with Gasteiger partial charge in [0.1, 0.15) is 6.35 Å². The van der Waals surface area contributed by atoms with Crippen molar-refractivity contribution in [2.24, 2.45) is 0 Å². The molecular formula is C7H13N4O4P. The number of nitrogens with zero attached hydrogens (tertiary/aromatic N) is 2. The van der Waals surface area contributed by atoms with Gasteiger partial charge in [-0.25, -0.2) is 4.57 Å². The number of anilines is 2. The van der Waals surface area contributed by atoms with Gasteiger partial charge in [0.25, 0.3) is 0 Å². The van der Waals surface area contributed by atoms with Crippen molar-refractivity contribution in [2.75, 3.05) is 24.4 Å². The zero-order chi connectivity index (χ0) is 12.2. The standard InChI is InChI=1S/C7H13N4O4P/c8-6-1-2-11(7(9)10-6)3-4-15-5-16(12,13)14/h1-2H,3-5H2,(H5,8,9,10,12,13,14). The van der Waals surface area contributed by atoms with Crippen LogP contribution in [0.4, 0.5) is 11.8 Å². The second-order valence-corrected chi connectivity index (χ2v) is 4.61. The van der Waals surface area contributed by atoms with E-state index in [1.54, 1.807) is 16.8 Å². The molecule has 0 aliphatic carbocycles. The number of nitrogens with two attached hydrogens (primary N) is 2. The number of rotatable bonds is 5. The predicted octanol–water partition coefficient (Wildman–Crippen LogP) is -1.95. The highest BCUT2D eigenvalue weighted by molar-refractivity contribution is 7.50. The lowest BCUT2D eigenvalue weighted by Gasteiger charge is -2.14. The van der Waals surface area contributed by atoms with Crippen molar-refractivity contribution >= 4 is 19.4 Å². The maximum absolute atomic E-state index is 10.4. The van der Waals surface area contributed by atoms with Crippen LogP contribution in [0.3, 0.4) is 0 Å². The highest BCUT2D eigenvalue weighted by atomic mass is 31.2. The zero-order valence-corrected chi connectivity index (χ0v) is 9.34. The van der Waals surface area contributed by atoms with E-state index in [-0.39, 0.29) is 12.6 Å². The first-order chi connectivity index (χ1) is 7.38. The topological polar surface area (TPSA) is 138 Å². The fourth-order valence-electron chi connectivity index (χ4n) is 1.01. The summed E-state index contributed by atoms with van der Waals surface area (Å²) in [5, 5.41) is 0. The van der Waals surface area contributed by atoms with Gasteiger partial charge in [-0.3, -0.25) is 5.73 Å². The zero-order valence-electron chi connectivity index (χ0n) is 8.44. The Labute approximate surface area is 92.0 Å². The molecule has 9 heteroatoms. The van der Waals surface area contributed by atoms with Gasteiger partial charge in [0.15, 0.2) is 7.60 Å². The van der Waals surface area contributed by atoms with Gasteiger partial charge in [-0.1, -0.05) is 4.98 Å². The van der Waals surface area contributed by atoms with Crippen LogP contribution >= 0.6 is 7.60 Å². The molecule has 1 aromatic heterocycles. The molecule has 0 aromatic carbocycles. The monoisotopic (exact) mass is 248 g/mol. The fraction of sp³-hybridized carbons (Fsp3) is 0.429. The average molecular weight is 248 g/mol. The van der Waals surface area contributed by atoms with Crippen LogP contribution in [0.1, 0.15) is 0 Å². The number of hydrogen-bond acceptors (Lipinski definition) is 6. The molecule has 0 saturated heterocycles. The van der Waals surface area contributed by atoms with Crippen molar-refractivity contribution in [2.45, 2.75) is 6.54 Å². The molecule has 5 N–H and O–H groups in total. The largest absolute Gasteiger partial charge is 0.777 e. The maximum atomic E-state index is 10.4. The summed E-state index contributed by atoms with van der Waals surface area (Å²) in [6.07, 6.45) is 0.895. The lowest BCUT2D eigenvalue weighted by atomic mass is 10.5. The second kappa shape index (κ2) is 5.22. The van der Waals surface area contributed by atoms with E-state index >= 15 is 0 Å². The third-order valence-corrected chi connectivity index (χ3v) is 2.20. The Morgan fingerprint density at radius 1 is 1.62 bits per heavy atom. The van der Waals surface area contributed by atoms with Crippen LogP contribution in [0, 0.1) is 0 Å². The van der Waals surface area contributed by atoms with Gasteiger partial charge in [0.2, 0.25) is 5.82 Å². The van der Waals surface area contributed by atoms with Gasteiger partial charge in [0.05, 0.1) is 19.3 Å². The van der Waals surface area contributed by atoms with E-state index in [1.165, 1.54) is 0 Å². The Kier molecular flexibility index (Phi) is 4.19. The molecule has 16 heavy (non-hydrogen) atoms. The minimum atomic E-state index is -4.36. The summed E-state index contributed by atoms with van der Waals surface area (Å²) in [5.41, 5.74) is 10.9. The number of ether oxygens (including phenoxy) is 1. The van der Waals surface area contributed by atoms with E-state index in [4.69, 9.17) is 21.1 Å². The van der Waals surface area contributed by atoms with Gasteiger partial charge in [-0.05, 0) is 0 Å². The SMILES string of the molecule is Nc1cc[n+](CCOCP(=O)([O-])O)c(N)n1. The van der Waals surface area contributed by atoms with Gasteiger partial charge in [-0.15, -0.1) is 0 Å². The molecule has 0 radical (unpaired) electrons. The van der Waals surface area contributed by atoms with Crippen molar-refractivity contribution in [1.29, 1.82) is 0 Å². The average Bonchev–Trinajstić information content (AvgIpc) is 2.13. The quantitative estimate of drug-likeness (QED) is 0.312. The summed E-state index contributed by atoms with van der Waals surface area (Å²) in [5.74, 6) is 0.506. The third-order valence-electron chi connectivity index (χ3n) is 1.69. The molecule has 1 aromatic rings. The van der Waals surface area contributed by atoms with Crippen LogP contribution in [-0.4, -0.2) is 22.8 Å². The molecule has 1 unspecified atom stereocenters. The summed E-state index contributed by atoms with van der Waals surface area (Å²) >= 11 is 0. The van der Waals surface area contributed by atoms with Crippen LogP contribution in [0.5, 0.6) is 0 Å². The number of hydrogen-bond donors (Lipinski definition) is 3. The van der Waals surface area contributed by atoms with Crippen molar-refractivity contribution in [3.05, 3.63) is 12.3 Å². The molecule has 1 atom stereocenters. The van der Waals surface area contributed by atoms with Gasteiger partial charge in [-0.2, -0.15) is 0 Å². The van der Waals surface area contributed by atoms with Crippen molar-refractivity contribution in [3.8, 4) is 0 Å². The van der Waals surface area contributed by atoms with Crippen LogP contribution in [0.25, 0.3) is 0 Å². The van der Waals surface area contributed by atoms with Crippen molar-refractivity contribution in [1.82, 2.24) is 4.98 Å². The van der Waals surface area contributed by atoms with Crippen LogP contribution in [0.2, 0.25) is 0 Å². The normalized spacial score (nSPS) is 14.6. The molecule has 0 bridgehead atoms. The third kappa shape index (κ3) is 4.54. The minimum absolute atomic E-state index is 0.0905. The molecule has 1 rings (SSSR count). The molecule has 0 spiro atoms. The van der Waals surface area contributed by atoms with Crippen LogP contribution < -0.4 is 20.9 Å². The fourth-order valence-corrected chi connectivity index (χ4v) is 1.37. The van der Waals surface area contributed by atoms with Gasteiger partial charge >= 0.3 is 5.95 Å². The highest BCUT2D eigenvalue weighted by Crippen LogP contribution is 2.27. The van der Waals surface area contributed by atoms with Crippen LogP contribution in [-0.2, 0) is 15.8 Å². The summed E-state index contributed by atoms with van der Waals surface area (Å²) in [7, 11) is -4.36. The second-order valence-electron chi connectivity index (χ2n) is 3.08. The smallest absolute Gasteiger partial charge is 0.391 e. The first-order valence-electron chi connectivity index (χ1n) is 4.40. The van der Waals surface area contributed by atoms with E-state index in [9.17, 15) is 9.46 Å². The number of aromatic nitrogens is 2. The predicted molar refractivity (Wildman–Crippen MR) is 53.9 cm³/mol. The Morgan fingerprint density at radius 2 is 2.31 bits per heavy atom. The highest BCUT2D eigenvalue weighted by Gasteiger charge is 2.07. The molecule has 0 aliphatic rings. The Bertz CT molecular complexity index is 407. The maximum Gasteiger partial charge on any atom is 0.391 e. The van der Waals surface area contributed by atoms with E-state index in [1.807, 2.05) is 0 Å². The molecule has 0 amide bonds.